The molecule has 2 unspecified atom stereocenters. The van der Waals surface area contributed by atoms with Gasteiger partial charge in [-0.25, -0.2) is 13.4 Å². The van der Waals surface area contributed by atoms with Crippen LogP contribution in [-0.4, -0.2) is 36.0 Å². The summed E-state index contributed by atoms with van der Waals surface area (Å²) in [7, 11) is -0.831. The number of aryl methyl sites for hydroxylation is 1. The molecule has 1 saturated heterocycles. The van der Waals surface area contributed by atoms with Gasteiger partial charge < -0.3 is 9.88 Å². The average molecular weight is 255 g/mol. The van der Waals surface area contributed by atoms with E-state index in [0.29, 0.717) is 11.5 Å². The lowest BCUT2D eigenvalue weighted by molar-refractivity contribution is 0.361. The predicted octanol–water partition coefficient (Wildman–Crippen LogP) is 0.0416. The van der Waals surface area contributed by atoms with Gasteiger partial charge in [0.1, 0.15) is 0 Å². The number of rotatable bonds is 1. The van der Waals surface area contributed by atoms with Crippen LogP contribution in [0.25, 0.3) is 0 Å². The van der Waals surface area contributed by atoms with Gasteiger partial charge in [0, 0.05) is 20.0 Å². The molecule has 1 aromatic rings. The minimum Gasteiger partial charge on any atom is -0.336 e. The van der Waals surface area contributed by atoms with Crippen LogP contribution in [-0.2, 0) is 23.3 Å². The molecule has 0 radical (unpaired) electrons. The van der Waals surface area contributed by atoms with E-state index < -0.39 is 9.84 Å². The van der Waals surface area contributed by atoms with Crippen LogP contribution in [0.2, 0.25) is 0 Å². The molecular weight excluding hydrogens is 238 g/mol. The van der Waals surface area contributed by atoms with Crippen LogP contribution < -0.4 is 5.32 Å². The van der Waals surface area contributed by atoms with Crippen LogP contribution in [0.1, 0.15) is 23.9 Å². The smallest absolute Gasteiger partial charge is 0.150 e. The van der Waals surface area contributed by atoms with Crippen LogP contribution in [0.15, 0.2) is 6.33 Å². The van der Waals surface area contributed by atoms with Crippen molar-refractivity contribution in [2.24, 2.45) is 13.0 Å². The Kier molecular flexibility index (Phi) is 2.52. The van der Waals surface area contributed by atoms with Crippen LogP contribution in [0.3, 0.4) is 0 Å². The molecule has 0 saturated carbocycles. The molecule has 0 spiro atoms. The maximum Gasteiger partial charge on any atom is 0.150 e. The largest absolute Gasteiger partial charge is 0.336 e. The molecule has 0 aromatic carbocycles. The highest BCUT2D eigenvalue weighted by atomic mass is 32.2. The summed E-state index contributed by atoms with van der Waals surface area (Å²) in [5.41, 5.74) is 2.30. The predicted molar refractivity (Wildman–Crippen MR) is 64.4 cm³/mol. The maximum absolute atomic E-state index is 11.6. The lowest BCUT2D eigenvalue weighted by atomic mass is 9.92. The molecule has 2 aliphatic heterocycles. The number of imidazole rings is 1. The van der Waals surface area contributed by atoms with Crippen molar-refractivity contribution in [1.82, 2.24) is 14.9 Å². The first-order valence-electron chi connectivity index (χ1n) is 6.01. The number of sulfone groups is 1. The first-order chi connectivity index (χ1) is 8.07. The van der Waals surface area contributed by atoms with Crippen molar-refractivity contribution in [3.63, 3.8) is 0 Å². The maximum atomic E-state index is 11.6. The number of nitrogens with one attached hydrogen (secondary N) is 1. The quantitative estimate of drug-likeness (QED) is 0.769. The zero-order chi connectivity index (χ0) is 12.0. The van der Waals surface area contributed by atoms with Crippen molar-refractivity contribution in [2.75, 3.05) is 18.1 Å². The monoisotopic (exact) mass is 255 g/mol. The van der Waals surface area contributed by atoms with Crippen molar-refractivity contribution in [2.45, 2.75) is 18.9 Å². The first kappa shape index (κ1) is 11.2. The van der Waals surface area contributed by atoms with Gasteiger partial charge in [-0.2, -0.15) is 0 Å². The van der Waals surface area contributed by atoms with Crippen molar-refractivity contribution in [1.29, 1.82) is 0 Å². The highest BCUT2D eigenvalue weighted by Gasteiger charge is 2.37. The van der Waals surface area contributed by atoms with Crippen molar-refractivity contribution >= 4 is 9.84 Å². The molecule has 1 fully saturated rings. The van der Waals surface area contributed by atoms with E-state index in [4.69, 9.17) is 0 Å². The number of fused-ring (bicyclic) bond motifs is 1. The Bertz CT molecular complexity index is 535. The lowest BCUT2D eigenvalue weighted by Crippen LogP contribution is -2.36. The molecule has 94 valence electrons. The van der Waals surface area contributed by atoms with Gasteiger partial charge in [-0.05, 0) is 12.3 Å². The third kappa shape index (κ3) is 1.89. The summed E-state index contributed by atoms with van der Waals surface area (Å²) in [5, 5.41) is 3.46. The minimum absolute atomic E-state index is 0.156. The fourth-order valence-electron chi connectivity index (χ4n) is 3.00. The first-order valence-corrected chi connectivity index (χ1v) is 7.83. The third-order valence-corrected chi connectivity index (χ3v) is 5.62. The van der Waals surface area contributed by atoms with Gasteiger partial charge in [0.2, 0.25) is 0 Å². The fourth-order valence-corrected chi connectivity index (χ4v) is 4.84. The summed E-state index contributed by atoms with van der Waals surface area (Å²) in [6, 6.07) is 0.156. The second kappa shape index (κ2) is 3.81. The van der Waals surface area contributed by atoms with Crippen molar-refractivity contribution in [3.05, 3.63) is 17.7 Å². The molecule has 2 atom stereocenters. The molecule has 0 aliphatic carbocycles. The van der Waals surface area contributed by atoms with Crippen LogP contribution in [0.4, 0.5) is 0 Å². The number of nitrogens with zero attached hydrogens (tertiary/aromatic N) is 2. The Labute approximate surface area is 101 Å². The minimum atomic E-state index is -2.81. The van der Waals surface area contributed by atoms with Gasteiger partial charge in [-0.3, -0.25) is 0 Å². The second-order valence-electron chi connectivity index (χ2n) is 5.03. The molecule has 6 heteroatoms. The Balaban J connectivity index is 1.93. The molecule has 0 amide bonds. The van der Waals surface area contributed by atoms with Gasteiger partial charge >= 0.3 is 0 Å². The molecule has 3 heterocycles. The summed E-state index contributed by atoms with van der Waals surface area (Å²) in [6.45, 7) is 0.894. The van der Waals surface area contributed by atoms with E-state index in [-0.39, 0.29) is 12.0 Å². The zero-order valence-corrected chi connectivity index (χ0v) is 10.7. The van der Waals surface area contributed by atoms with E-state index in [2.05, 4.69) is 10.3 Å². The van der Waals surface area contributed by atoms with Crippen molar-refractivity contribution in [3.8, 4) is 0 Å². The van der Waals surface area contributed by atoms with Gasteiger partial charge in [-0.1, -0.05) is 0 Å². The molecule has 1 aromatic heterocycles. The number of aromatic nitrogens is 2. The standard InChI is InChI=1S/C11H17N3O2S/c1-14-7-13-9-2-4-12-10(11(9)14)8-3-5-17(15,16)6-8/h7-8,10,12H,2-6H2,1H3. The summed E-state index contributed by atoms with van der Waals surface area (Å²) in [4.78, 5) is 4.39. The lowest BCUT2D eigenvalue weighted by Gasteiger charge is -2.29. The second-order valence-corrected chi connectivity index (χ2v) is 7.26. The summed E-state index contributed by atoms with van der Waals surface area (Å²) >= 11 is 0. The number of hydrogen-bond donors (Lipinski definition) is 1. The molecule has 1 N–H and O–H groups in total. The SMILES string of the molecule is Cn1cnc2c1C(C1CCS(=O)(=O)C1)NCC2. The molecular formula is C11H17N3O2S. The summed E-state index contributed by atoms with van der Waals surface area (Å²) in [5.74, 6) is 0.854. The zero-order valence-electron chi connectivity index (χ0n) is 9.89. The van der Waals surface area contributed by atoms with Gasteiger partial charge in [0.25, 0.3) is 0 Å². The fraction of sp³-hybridized carbons (Fsp3) is 0.727. The third-order valence-electron chi connectivity index (χ3n) is 3.82. The molecule has 17 heavy (non-hydrogen) atoms. The van der Waals surface area contributed by atoms with Gasteiger partial charge in [-0.15, -0.1) is 0 Å². The Morgan fingerprint density at radius 3 is 3.06 bits per heavy atom. The van der Waals surface area contributed by atoms with E-state index in [1.807, 2.05) is 17.9 Å². The Morgan fingerprint density at radius 1 is 1.53 bits per heavy atom. The number of hydrogen-bond acceptors (Lipinski definition) is 4. The summed E-state index contributed by atoms with van der Waals surface area (Å²) in [6.07, 6.45) is 3.53. The van der Waals surface area contributed by atoms with Crippen LogP contribution in [0.5, 0.6) is 0 Å². The Hall–Kier alpha value is -0.880. The molecule has 0 bridgehead atoms. The highest BCUT2D eigenvalue weighted by molar-refractivity contribution is 7.91. The molecule has 2 aliphatic rings. The van der Waals surface area contributed by atoms with Gasteiger partial charge in [0.05, 0.1) is 35.3 Å². The molecule has 3 rings (SSSR count). The van der Waals surface area contributed by atoms with E-state index in [1.54, 1.807) is 0 Å². The van der Waals surface area contributed by atoms with Crippen LogP contribution in [0, 0.1) is 5.92 Å². The van der Waals surface area contributed by atoms with E-state index in [9.17, 15) is 8.42 Å². The van der Waals surface area contributed by atoms with Crippen molar-refractivity contribution < 1.29 is 8.42 Å². The topological polar surface area (TPSA) is 64.0 Å². The van der Waals surface area contributed by atoms with E-state index >= 15 is 0 Å². The summed E-state index contributed by atoms with van der Waals surface area (Å²) < 4.78 is 25.2. The van der Waals surface area contributed by atoms with E-state index in [0.717, 1.165) is 25.1 Å². The van der Waals surface area contributed by atoms with Gasteiger partial charge in [0.15, 0.2) is 9.84 Å². The molecule has 5 nitrogen and oxygen atoms in total. The highest BCUT2D eigenvalue weighted by Crippen LogP contribution is 2.34. The Morgan fingerprint density at radius 2 is 2.35 bits per heavy atom. The normalized spacial score (nSPS) is 31.4. The average Bonchev–Trinajstić information content (AvgIpc) is 2.83. The van der Waals surface area contributed by atoms with Crippen LogP contribution >= 0.6 is 0 Å². The van der Waals surface area contributed by atoms with E-state index in [1.165, 1.54) is 5.69 Å².